The topological polar surface area (TPSA) is 66.5 Å². The lowest BCUT2D eigenvalue weighted by Crippen LogP contribution is -2.28. The second-order valence-corrected chi connectivity index (χ2v) is 9.28. The Bertz CT molecular complexity index is 883. The Morgan fingerprint density at radius 2 is 1.81 bits per heavy atom. The minimum absolute atomic E-state index is 0.0411. The van der Waals surface area contributed by atoms with E-state index in [0.29, 0.717) is 12.5 Å². The molecule has 0 bridgehead atoms. The summed E-state index contributed by atoms with van der Waals surface area (Å²) in [6.07, 6.45) is 0.834. The van der Waals surface area contributed by atoms with Gasteiger partial charge in [-0.1, -0.05) is 55.8 Å². The van der Waals surface area contributed by atoms with Crippen LogP contribution in [0.3, 0.4) is 0 Å². The van der Waals surface area contributed by atoms with Gasteiger partial charge in [0, 0.05) is 20.1 Å². The Labute approximate surface area is 166 Å². The molecule has 0 atom stereocenters. The van der Waals surface area contributed by atoms with E-state index < -0.39 is 10.0 Å². The van der Waals surface area contributed by atoms with E-state index in [-0.39, 0.29) is 27.9 Å². The van der Waals surface area contributed by atoms with E-state index in [1.54, 1.807) is 0 Å². The highest BCUT2D eigenvalue weighted by Gasteiger charge is 2.23. The molecule has 2 aromatic rings. The molecular formula is C20H25ClN2O3S. The second kappa shape index (κ2) is 9.35. The second-order valence-electron chi connectivity index (χ2n) is 6.83. The van der Waals surface area contributed by atoms with Crippen molar-refractivity contribution in [1.82, 2.24) is 9.62 Å². The summed E-state index contributed by atoms with van der Waals surface area (Å²) in [6, 6.07) is 13.5. The molecule has 0 aromatic heterocycles. The summed E-state index contributed by atoms with van der Waals surface area (Å²) in [5.41, 5.74) is 1.04. The van der Waals surface area contributed by atoms with Crippen LogP contribution in [-0.4, -0.2) is 32.2 Å². The van der Waals surface area contributed by atoms with Crippen LogP contribution in [-0.2, 0) is 16.6 Å². The number of carbonyl (C=O) groups is 1. The predicted molar refractivity (Wildman–Crippen MR) is 108 cm³/mol. The molecule has 2 rings (SSSR count). The molecule has 146 valence electrons. The third-order valence-corrected chi connectivity index (χ3v) is 6.27. The molecule has 1 N–H and O–H groups in total. The summed E-state index contributed by atoms with van der Waals surface area (Å²) in [5, 5.41) is 3.01. The fourth-order valence-electron chi connectivity index (χ4n) is 2.51. The summed E-state index contributed by atoms with van der Waals surface area (Å²) in [7, 11) is -2.24. The summed E-state index contributed by atoms with van der Waals surface area (Å²) in [4.78, 5) is 12.4. The Morgan fingerprint density at radius 3 is 2.44 bits per heavy atom. The average molecular weight is 409 g/mol. The smallest absolute Gasteiger partial charge is 0.252 e. The van der Waals surface area contributed by atoms with E-state index >= 15 is 0 Å². The number of carbonyl (C=O) groups excluding carboxylic acids is 1. The SMILES string of the molecule is CC(C)CCNC(=O)c1cc(S(=O)(=O)N(C)Cc2ccccc2)ccc1Cl. The highest BCUT2D eigenvalue weighted by atomic mass is 35.5. The van der Waals surface area contributed by atoms with Crippen molar-refractivity contribution in [1.29, 1.82) is 0 Å². The number of sulfonamides is 1. The number of nitrogens with one attached hydrogen (secondary N) is 1. The van der Waals surface area contributed by atoms with E-state index in [4.69, 9.17) is 11.6 Å². The number of hydrogen-bond donors (Lipinski definition) is 1. The maximum absolute atomic E-state index is 12.9. The molecule has 0 aliphatic rings. The van der Waals surface area contributed by atoms with Crippen LogP contribution in [0.1, 0.15) is 36.2 Å². The van der Waals surface area contributed by atoms with Crippen LogP contribution in [0.25, 0.3) is 0 Å². The molecule has 0 heterocycles. The molecule has 0 radical (unpaired) electrons. The minimum atomic E-state index is -3.75. The third-order valence-electron chi connectivity index (χ3n) is 4.15. The summed E-state index contributed by atoms with van der Waals surface area (Å²) >= 11 is 6.12. The van der Waals surface area contributed by atoms with Crippen molar-refractivity contribution in [3.8, 4) is 0 Å². The maximum atomic E-state index is 12.9. The first kappa shape index (κ1) is 21.4. The van der Waals surface area contributed by atoms with Gasteiger partial charge in [0.25, 0.3) is 5.91 Å². The standard InChI is InChI=1S/C20H25ClN2O3S/c1-15(2)11-12-22-20(24)18-13-17(9-10-19(18)21)27(25,26)23(3)14-16-7-5-4-6-8-16/h4-10,13,15H,11-12,14H2,1-3H3,(H,22,24). The van der Waals surface area contributed by atoms with Gasteiger partial charge in [-0.05, 0) is 36.1 Å². The number of halogens is 1. The zero-order valence-corrected chi connectivity index (χ0v) is 17.3. The number of hydrogen-bond acceptors (Lipinski definition) is 3. The lowest BCUT2D eigenvalue weighted by molar-refractivity contribution is 0.0952. The molecule has 2 aromatic carbocycles. The van der Waals surface area contributed by atoms with Crippen molar-refractivity contribution in [2.75, 3.05) is 13.6 Å². The van der Waals surface area contributed by atoms with Gasteiger partial charge in [0.1, 0.15) is 0 Å². The van der Waals surface area contributed by atoms with Gasteiger partial charge in [-0.25, -0.2) is 8.42 Å². The van der Waals surface area contributed by atoms with Crippen LogP contribution in [0.5, 0.6) is 0 Å². The predicted octanol–water partition coefficient (Wildman–Crippen LogP) is 3.94. The van der Waals surface area contributed by atoms with Gasteiger partial charge >= 0.3 is 0 Å². The average Bonchev–Trinajstić information content (AvgIpc) is 2.62. The molecule has 0 spiro atoms. The first-order valence-electron chi connectivity index (χ1n) is 8.80. The molecule has 0 saturated carbocycles. The van der Waals surface area contributed by atoms with Gasteiger partial charge < -0.3 is 5.32 Å². The minimum Gasteiger partial charge on any atom is -0.352 e. The fourth-order valence-corrected chi connectivity index (χ4v) is 3.90. The molecule has 7 heteroatoms. The summed E-state index contributed by atoms with van der Waals surface area (Å²) < 4.78 is 27.0. The van der Waals surface area contributed by atoms with Crippen molar-refractivity contribution < 1.29 is 13.2 Å². The molecule has 0 aliphatic carbocycles. The fraction of sp³-hybridized carbons (Fsp3) is 0.350. The van der Waals surface area contributed by atoms with E-state index in [0.717, 1.165) is 12.0 Å². The molecule has 0 saturated heterocycles. The summed E-state index contributed by atoms with van der Waals surface area (Å²) in [6.45, 7) is 4.88. The number of nitrogens with zero attached hydrogens (tertiary/aromatic N) is 1. The van der Waals surface area contributed by atoms with Gasteiger partial charge in [0.15, 0.2) is 0 Å². The van der Waals surface area contributed by atoms with Gasteiger partial charge in [0.2, 0.25) is 10.0 Å². The lowest BCUT2D eigenvalue weighted by atomic mass is 10.1. The molecule has 0 fully saturated rings. The first-order valence-corrected chi connectivity index (χ1v) is 10.6. The van der Waals surface area contributed by atoms with Crippen molar-refractivity contribution in [2.24, 2.45) is 5.92 Å². The van der Waals surface area contributed by atoms with E-state index in [9.17, 15) is 13.2 Å². The third kappa shape index (κ3) is 5.79. The Hall–Kier alpha value is -1.89. The number of benzene rings is 2. The van der Waals surface area contributed by atoms with Gasteiger partial charge in [-0.15, -0.1) is 0 Å². The maximum Gasteiger partial charge on any atom is 0.252 e. The Balaban J connectivity index is 2.20. The van der Waals surface area contributed by atoms with Gasteiger partial charge in [-0.2, -0.15) is 4.31 Å². The summed E-state index contributed by atoms with van der Waals surface area (Å²) in [5.74, 6) is 0.0857. The van der Waals surface area contributed by atoms with Crippen LogP contribution < -0.4 is 5.32 Å². The van der Waals surface area contributed by atoms with Crippen LogP contribution in [0, 0.1) is 5.92 Å². The quantitative estimate of drug-likeness (QED) is 0.719. The Morgan fingerprint density at radius 1 is 1.15 bits per heavy atom. The van der Waals surface area contributed by atoms with Crippen LogP contribution in [0.15, 0.2) is 53.4 Å². The Kier molecular flexibility index (Phi) is 7.41. The molecular weight excluding hydrogens is 384 g/mol. The number of rotatable bonds is 8. The normalized spacial score (nSPS) is 11.8. The highest BCUT2D eigenvalue weighted by Crippen LogP contribution is 2.23. The van der Waals surface area contributed by atoms with Crippen LogP contribution in [0.2, 0.25) is 5.02 Å². The largest absolute Gasteiger partial charge is 0.352 e. The van der Waals surface area contributed by atoms with E-state index in [1.807, 2.05) is 30.3 Å². The molecule has 27 heavy (non-hydrogen) atoms. The highest BCUT2D eigenvalue weighted by molar-refractivity contribution is 7.89. The van der Waals surface area contributed by atoms with E-state index in [2.05, 4.69) is 19.2 Å². The lowest BCUT2D eigenvalue weighted by Gasteiger charge is -2.18. The van der Waals surface area contributed by atoms with Crippen molar-refractivity contribution in [2.45, 2.75) is 31.7 Å². The zero-order valence-electron chi connectivity index (χ0n) is 15.8. The zero-order chi connectivity index (χ0) is 20.0. The molecule has 0 aliphatic heterocycles. The van der Waals surface area contributed by atoms with Gasteiger partial charge in [-0.3, -0.25) is 4.79 Å². The van der Waals surface area contributed by atoms with E-state index in [1.165, 1.54) is 29.6 Å². The van der Waals surface area contributed by atoms with Crippen molar-refractivity contribution >= 4 is 27.5 Å². The van der Waals surface area contributed by atoms with Gasteiger partial charge in [0.05, 0.1) is 15.5 Å². The molecule has 1 amide bonds. The van der Waals surface area contributed by atoms with Crippen LogP contribution >= 0.6 is 11.6 Å². The first-order chi connectivity index (χ1) is 12.7. The van der Waals surface area contributed by atoms with Crippen molar-refractivity contribution in [3.63, 3.8) is 0 Å². The number of amides is 1. The van der Waals surface area contributed by atoms with Crippen LogP contribution in [0.4, 0.5) is 0 Å². The van der Waals surface area contributed by atoms with Crippen molar-refractivity contribution in [3.05, 3.63) is 64.7 Å². The monoisotopic (exact) mass is 408 g/mol. The molecule has 0 unspecified atom stereocenters. The molecule has 5 nitrogen and oxygen atoms in total.